The number of benzene rings is 2. The predicted octanol–water partition coefficient (Wildman–Crippen LogP) is 3.75. The average molecular weight is 388 g/mol. The largest absolute Gasteiger partial charge is 0.465 e. The molecule has 2 aromatic rings. The van der Waals surface area contributed by atoms with E-state index in [0.717, 1.165) is 4.31 Å². The van der Waals surface area contributed by atoms with Gasteiger partial charge in [-0.1, -0.05) is 47.5 Å². The Hall–Kier alpha value is -1.76. The van der Waals surface area contributed by atoms with Crippen molar-refractivity contribution in [1.82, 2.24) is 0 Å². The molecule has 24 heavy (non-hydrogen) atoms. The van der Waals surface area contributed by atoms with E-state index in [1.165, 1.54) is 24.3 Å². The van der Waals surface area contributed by atoms with Gasteiger partial charge in [-0.3, -0.25) is 9.10 Å². The molecule has 0 aromatic heterocycles. The molecule has 0 radical (unpaired) electrons. The average Bonchev–Trinajstić information content (AvgIpc) is 2.54. The molecule has 2 rings (SSSR count). The molecule has 0 spiro atoms. The first-order valence-corrected chi connectivity index (χ1v) is 9.25. The number of halogens is 2. The van der Waals surface area contributed by atoms with E-state index >= 15 is 0 Å². The van der Waals surface area contributed by atoms with Gasteiger partial charge < -0.3 is 4.74 Å². The van der Waals surface area contributed by atoms with Crippen LogP contribution in [0.3, 0.4) is 0 Å². The monoisotopic (exact) mass is 387 g/mol. The normalized spacial score (nSPS) is 11.1. The Balaban J connectivity index is 2.57. The molecule has 128 valence electrons. The minimum atomic E-state index is -4.05. The zero-order chi connectivity index (χ0) is 17.7. The van der Waals surface area contributed by atoms with Crippen molar-refractivity contribution >= 4 is 44.9 Å². The number of carbonyl (C=O) groups is 1. The summed E-state index contributed by atoms with van der Waals surface area (Å²) in [6, 6.07) is 12.3. The van der Waals surface area contributed by atoms with Crippen LogP contribution in [-0.2, 0) is 19.6 Å². The van der Waals surface area contributed by atoms with Gasteiger partial charge in [0.05, 0.1) is 27.2 Å². The van der Waals surface area contributed by atoms with Gasteiger partial charge in [-0.25, -0.2) is 8.42 Å². The topological polar surface area (TPSA) is 63.7 Å². The van der Waals surface area contributed by atoms with E-state index in [1.54, 1.807) is 31.2 Å². The van der Waals surface area contributed by atoms with Crippen LogP contribution < -0.4 is 4.31 Å². The van der Waals surface area contributed by atoms with Crippen LogP contribution >= 0.6 is 23.2 Å². The van der Waals surface area contributed by atoms with Crippen molar-refractivity contribution in [2.24, 2.45) is 0 Å². The van der Waals surface area contributed by atoms with E-state index < -0.39 is 22.5 Å². The lowest BCUT2D eigenvalue weighted by molar-refractivity contribution is -0.141. The van der Waals surface area contributed by atoms with E-state index in [1.807, 2.05) is 0 Å². The lowest BCUT2D eigenvalue weighted by Crippen LogP contribution is -2.37. The second kappa shape index (κ2) is 7.88. The smallest absolute Gasteiger partial charge is 0.326 e. The Kier molecular flexibility index (Phi) is 6.10. The van der Waals surface area contributed by atoms with Gasteiger partial charge >= 0.3 is 5.97 Å². The van der Waals surface area contributed by atoms with Gasteiger partial charge in [0.15, 0.2) is 0 Å². The minimum Gasteiger partial charge on any atom is -0.465 e. The van der Waals surface area contributed by atoms with E-state index in [0.29, 0.717) is 0 Å². The molecule has 0 N–H and O–H groups in total. The molecule has 2 aromatic carbocycles. The van der Waals surface area contributed by atoms with Gasteiger partial charge in [-0.15, -0.1) is 0 Å². The highest BCUT2D eigenvalue weighted by molar-refractivity contribution is 7.92. The Morgan fingerprint density at radius 3 is 2.17 bits per heavy atom. The third-order valence-electron chi connectivity index (χ3n) is 3.10. The van der Waals surface area contributed by atoms with Crippen LogP contribution in [0.1, 0.15) is 6.92 Å². The molecule has 0 amide bonds. The van der Waals surface area contributed by atoms with Crippen molar-refractivity contribution in [3.05, 3.63) is 58.6 Å². The number of anilines is 1. The van der Waals surface area contributed by atoms with E-state index in [4.69, 9.17) is 27.9 Å². The summed E-state index contributed by atoms with van der Waals surface area (Å²) < 4.78 is 31.7. The number of nitrogens with zero attached hydrogens (tertiary/aromatic N) is 1. The lowest BCUT2D eigenvalue weighted by atomic mass is 10.3. The fourth-order valence-electron chi connectivity index (χ4n) is 2.06. The summed E-state index contributed by atoms with van der Waals surface area (Å²) in [6.07, 6.45) is 0. The summed E-state index contributed by atoms with van der Waals surface area (Å²) >= 11 is 12.3. The number of carbonyl (C=O) groups excluding carboxylic acids is 1. The fourth-order valence-corrected chi connectivity index (χ4v) is 4.22. The maximum Gasteiger partial charge on any atom is 0.326 e. The van der Waals surface area contributed by atoms with E-state index in [2.05, 4.69) is 0 Å². The highest BCUT2D eigenvalue weighted by atomic mass is 35.5. The zero-order valence-electron chi connectivity index (χ0n) is 12.8. The molecular weight excluding hydrogens is 373 g/mol. The maximum atomic E-state index is 13.0. The molecule has 0 saturated carbocycles. The van der Waals surface area contributed by atoms with Crippen molar-refractivity contribution in [2.45, 2.75) is 11.8 Å². The summed E-state index contributed by atoms with van der Waals surface area (Å²) in [5.74, 6) is -0.701. The Labute approximate surface area is 150 Å². The highest BCUT2D eigenvalue weighted by Gasteiger charge is 2.30. The van der Waals surface area contributed by atoms with Crippen molar-refractivity contribution < 1.29 is 17.9 Å². The van der Waals surface area contributed by atoms with Gasteiger partial charge in [0, 0.05) is 0 Å². The van der Waals surface area contributed by atoms with Crippen LogP contribution in [0.5, 0.6) is 0 Å². The van der Waals surface area contributed by atoms with Gasteiger partial charge in [-0.05, 0) is 31.2 Å². The summed E-state index contributed by atoms with van der Waals surface area (Å²) in [7, 11) is -4.05. The number of hydrogen-bond donors (Lipinski definition) is 0. The molecule has 0 heterocycles. The summed E-state index contributed by atoms with van der Waals surface area (Å²) in [4.78, 5) is 11.9. The molecule has 0 unspecified atom stereocenters. The third kappa shape index (κ3) is 4.01. The zero-order valence-corrected chi connectivity index (χ0v) is 15.1. The molecule has 8 heteroatoms. The molecule has 5 nitrogen and oxygen atoms in total. The second-order valence-electron chi connectivity index (χ2n) is 4.70. The molecule has 0 saturated heterocycles. The number of hydrogen-bond acceptors (Lipinski definition) is 4. The molecular formula is C16H15Cl2NO4S. The minimum absolute atomic E-state index is 0.0188. The Bertz CT molecular complexity index is 805. The maximum absolute atomic E-state index is 13.0. The highest BCUT2D eigenvalue weighted by Crippen LogP contribution is 2.36. The van der Waals surface area contributed by atoms with Crippen molar-refractivity contribution in [2.75, 3.05) is 17.5 Å². The SMILES string of the molecule is CCOC(=O)CN(c1c(Cl)cccc1Cl)S(=O)(=O)c1ccccc1. The Morgan fingerprint density at radius 2 is 1.62 bits per heavy atom. The summed E-state index contributed by atoms with van der Waals surface area (Å²) in [6.45, 7) is 1.24. The first-order valence-electron chi connectivity index (χ1n) is 7.05. The van der Waals surface area contributed by atoms with Crippen molar-refractivity contribution in [1.29, 1.82) is 0 Å². The number of esters is 1. The summed E-state index contributed by atoms with van der Waals surface area (Å²) in [5, 5.41) is 0.234. The van der Waals surface area contributed by atoms with Crippen LogP contribution in [0.15, 0.2) is 53.4 Å². The molecule has 0 bridgehead atoms. The quantitative estimate of drug-likeness (QED) is 0.707. The van der Waals surface area contributed by atoms with Crippen molar-refractivity contribution in [3.63, 3.8) is 0 Å². The van der Waals surface area contributed by atoms with Gasteiger partial charge in [-0.2, -0.15) is 0 Å². The van der Waals surface area contributed by atoms with Crippen LogP contribution in [0.25, 0.3) is 0 Å². The molecule has 0 aliphatic carbocycles. The lowest BCUT2D eigenvalue weighted by Gasteiger charge is -2.25. The number of rotatable bonds is 6. The second-order valence-corrected chi connectivity index (χ2v) is 7.38. The predicted molar refractivity (Wildman–Crippen MR) is 94.1 cm³/mol. The third-order valence-corrected chi connectivity index (χ3v) is 5.47. The molecule has 0 atom stereocenters. The van der Waals surface area contributed by atoms with E-state index in [9.17, 15) is 13.2 Å². The Morgan fingerprint density at radius 1 is 1.04 bits per heavy atom. The van der Waals surface area contributed by atoms with Gasteiger partial charge in [0.25, 0.3) is 10.0 Å². The van der Waals surface area contributed by atoms with Crippen LogP contribution in [-0.4, -0.2) is 27.5 Å². The number of sulfonamides is 1. The number of ether oxygens (including phenoxy) is 1. The van der Waals surface area contributed by atoms with Gasteiger partial charge in [0.2, 0.25) is 0 Å². The molecule has 0 aliphatic rings. The van der Waals surface area contributed by atoms with Crippen LogP contribution in [0, 0.1) is 0 Å². The molecule has 0 fully saturated rings. The fraction of sp³-hybridized carbons (Fsp3) is 0.188. The molecule has 0 aliphatic heterocycles. The number of para-hydroxylation sites is 1. The van der Waals surface area contributed by atoms with E-state index in [-0.39, 0.29) is 27.2 Å². The summed E-state index contributed by atoms with van der Waals surface area (Å²) in [5.41, 5.74) is 0.0396. The van der Waals surface area contributed by atoms with Crippen molar-refractivity contribution in [3.8, 4) is 0 Å². The first-order chi connectivity index (χ1) is 11.4. The first kappa shape index (κ1) is 18.6. The standard InChI is InChI=1S/C16H15Cl2NO4S/c1-2-23-15(20)11-19(16-13(17)9-6-10-14(16)18)24(21,22)12-7-4-3-5-8-12/h3-10H,2,11H2,1H3. The van der Waals surface area contributed by atoms with Crippen LogP contribution in [0.4, 0.5) is 5.69 Å². The van der Waals surface area contributed by atoms with Crippen LogP contribution in [0.2, 0.25) is 10.0 Å². The van der Waals surface area contributed by atoms with Gasteiger partial charge in [0.1, 0.15) is 6.54 Å².